The van der Waals surface area contributed by atoms with Gasteiger partial charge in [0.05, 0.1) is 24.9 Å². The van der Waals surface area contributed by atoms with Crippen molar-refractivity contribution in [3.05, 3.63) is 66.0 Å². The third kappa shape index (κ3) is 4.17. The van der Waals surface area contributed by atoms with Gasteiger partial charge in [0.1, 0.15) is 0 Å². The van der Waals surface area contributed by atoms with E-state index in [9.17, 15) is 9.59 Å². The SMILES string of the molecule is CCNC(=NCc1ccccc1Cn1cccn1)NCCN1C(=O)C2C3C=CC(C3)C2C1=O. The molecule has 2 heterocycles. The number of allylic oxidation sites excluding steroid dienone is 2. The number of hydrogen-bond donors (Lipinski definition) is 2. The number of aliphatic imine (C=N–C) groups is 1. The number of amides is 2. The summed E-state index contributed by atoms with van der Waals surface area (Å²) in [5, 5.41) is 10.8. The monoisotopic (exact) mass is 446 g/mol. The molecule has 8 nitrogen and oxygen atoms in total. The summed E-state index contributed by atoms with van der Waals surface area (Å²) in [6, 6.07) is 10.1. The molecule has 2 amide bonds. The van der Waals surface area contributed by atoms with Crippen LogP contribution >= 0.6 is 0 Å². The lowest BCUT2D eigenvalue weighted by Crippen LogP contribution is -2.43. The van der Waals surface area contributed by atoms with Gasteiger partial charge >= 0.3 is 0 Å². The molecule has 2 fully saturated rings. The van der Waals surface area contributed by atoms with Crippen molar-refractivity contribution >= 4 is 17.8 Å². The number of nitrogens with one attached hydrogen (secondary N) is 2. The van der Waals surface area contributed by atoms with E-state index in [-0.39, 0.29) is 35.5 Å². The van der Waals surface area contributed by atoms with Crippen LogP contribution in [-0.2, 0) is 22.7 Å². The molecule has 2 aliphatic carbocycles. The highest BCUT2D eigenvalue weighted by atomic mass is 16.2. The predicted molar refractivity (Wildman–Crippen MR) is 125 cm³/mol. The number of nitrogens with zero attached hydrogens (tertiary/aromatic N) is 4. The maximum Gasteiger partial charge on any atom is 0.233 e. The first kappa shape index (κ1) is 21.4. The average molecular weight is 447 g/mol. The number of rotatable bonds is 8. The first-order valence-corrected chi connectivity index (χ1v) is 11.8. The lowest BCUT2D eigenvalue weighted by atomic mass is 9.85. The van der Waals surface area contributed by atoms with Crippen molar-refractivity contribution in [2.45, 2.75) is 26.4 Å². The molecular formula is C25H30N6O2. The van der Waals surface area contributed by atoms with E-state index in [2.05, 4.69) is 40.0 Å². The number of hydrogen-bond acceptors (Lipinski definition) is 4. The first-order chi connectivity index (χ1) is 16.2. The Kier molecular flexibility index (Phi) is 5.98. The van der Waals surface area contributed by atoms with Gasteiger partial charge in [-0.05, 0) is 42.4 Å². The summed E-state index contributed by atoms with van der Waals surface area (Å²) in [5.74, 6) is 0.885. The van der Waals surface area contributed by atoms with Crippen LogP contribution in [0.2, 0.25) is 0 Å². The quantitative estimate of drug-likeness (QED) is 0.279. The highest BCUT2D eigenvalue weighted by molar-refractivity contribution is 6.06. The fourth-order valence-electron chi connectivity index (χ4n) is 5.41. The van der Waals surface area contributed by atoms with Crippen LogP contribution < -0.4 is 10.6 Å². The van der Waals surface area contributed by atoms with Crippen LogP contribution in [-0.4, -0.2) is 52.1 Å². The highest BCUT2D eigenvalue weighted by Gasteiger charge is 2.58. The minimum Gasteiger partial charge on any atom is -0.357 e. The smallest absolute Gasteiger partial charge is 0.233 e. The van der Waals surface area contributed by atoms with Gasteiger partial charge in [-0.3, -0.25) is 19.2 Å². The Balaban J connectivity index is 1.19. The maximum absolute atomic E-state index is 12.9. The number of aromatic nitrogens is 2. The summed E-state index contributed by atoms with van der Waals surface area (Å²) >= 11 is 0. The molecule has 172 valence electrons. The summed E-state index contributed by atoms with van der Waals surface area (Å²) in [6.45, 7) is 4.79. The highest BCUT2D eigenvalue weighted by Crippen LogP contribution is 2.52. The zero-order valence-electron chi connectivity index (χ0n) is 18.9. The molecule has 1 saturated carbocycles. The van der Waals surface area contributed by atoms with E-state index in [1.807, 2.05) is 36.0 Å². The molecule has 1 saturated heterocycles. The van der Waals surface area contributed by atoms with Crippen molar-refractivity contribution in [3.63, 3.8) is 0 Å². The number of guanidine groups is 1. The molecule has 1 aromatic carbocycles. The molecule has 8 heteroatoms. The molecule has 2 bridgehead atoms. The molecule has 4 unspecified atom stereocenters. The number of imide groups is 1. The van der Waals surface area contributed by atoms with Gasteiger partial charge in [-0.2, -0.15) is 5.10 Å². The van der Waals surface area contributed by atoms with Crippen molar-refractivity contribution < 1.29 is 9.59 Å². The van der Waals surface area contributed by atoms with E-state index in [1.165, 1.54) is 10.5 Å². The van der Waals surface area contributed by atoms with Crippen LogP contribution in [0.15, 0.2) is 59.9 Å². The number of carbonyl (C=O) groups is 2. The molecule has 2 N–H and O–H groups in total. The van der Waals surface area contributed by atoms with Gasteiger partial charge in [0, 0.05) is 32.0 Å². The van der Waals surface area contributed by atoms with Gasteiger partial charge in [-0.25, -0.2) is 4.99 Å². The van der Waals surface area contributed by atoms with Crippen molar-refractivity contribution in [1.29, 1.82) is 0 Å². The van der Waals surface area contributed by atoms with Crippen LogP contribution in [0.1, 0.15) is 24.5 Å². The Morgan fingerprint density at radius 2 is 1.79 bits per heavy atom. The minimum absolute atomic E-state index is 0.00172. The van der Waals surface area contributed by atoms with Gasteiger partial charge in [-0.1, -0.05) is 36.4 Å². The Hall–Kier alpha value is -3.42. The second-order valence-electron chi connectivity index (χ2n) is 8.92. The molecule has 33 heavy (non-hydrogen) atoms. The van der Waals surface area contributed by atoms with E-state index >= 15 is 0 Å². The van der Waals surface area contributed by atoms with Crippen molar-refractivity contribution in [3.8, 4) is 0 Å². The van der Waals surface area contributed by atoms with Crippen LogP contribution in [0.25, 0.3) is 0 Å². The molecule has 0 spiro atoms. The molecule has 1 aliphatic heterocycles. The molecule has 0 radical (unpaired) electrons. The average Bonchev–Trinajstić information content (AvgIpc) is 3.61. The van der Waals surface area contributed by atoms with E-state index < -0.39 is 0 Å². The Bertz CT molecular complexity index is 1050. The summed E-state index contributed by atoms with van der Waals surface area (Å²) < 4.78 is 1.90. The minimum atomic E-state index is -0.138. The Morgan fingerprint density at radius 3 is 2.45 bits per heavy atom. The summed E-state index contributed by atoms with van der Waals surface area (Å²) in [5.41, 5.74) is 2.30. The fraction of sp³-hybridized carbons (Fsp3) is 0.440. The summed E-state index contributed by atoms with van der Waals surface area (Å²) in [7, 11) is 0. The number of fused-ring (bicyclic) bond motifs is 5. The molecule has 2 aromatic rings. The van der Waals surface area contributed by atoms with Gasteiger partial charge in [0.25, 0.3) is 0 Å². The van der Waals surface area contributed by atoms with Gasteiger partial charge in [0.2, 0.25) is 11.8 Å². The van der Waals surface area contributed by atoms with Crippen LogP contribution in [0, 0.1) is 23.7 Å². The zero-order valence-corrected chi connectivity index (χ0v) is 18.9. The lowest BCUT2D eigenvalue weighted by Gasteiger charge is -2.18. The van der Waals surface area contributed by atoms with E-state index in [1.54, 1.807) is 6.20 Å². The largest absolute Gasteiger partial charge is 0.357 e. The second kappa shape index (κ2) is 9.21. The topological polar surface area (TPSA) is 91.6 Å². The van der Waals surface area contributed by atoms with Gasteiger partial charge < -0.3 is 10.6 Å². The van der Waals surface area contributed by atoms with Gasteiger partial charge in [-0.15, -0.1) is 0 Å². The predicted octanol–water partition coefficient (Wildman–Crippen LogP) is 1.79. The standard InChI is InChI=1S/C25H30N6O2/c1-2-26-25(28-15-19-6-3-4-7-20(19)16-30-12-5-10-29-30)27-11-13-31-23(32)21-17-8-9-18(14-17)22(21)24(31)33/h3-10,12,17-18,21-22H,2,11,13-16H2,1H3,(H2,26,27,28). The van der Waals surface area contributed by atoms with Crippen molar-refractivity contribution in [2.24, 2.45) is 28.7 Å². The van der Waals surface area contributed by atoms with E-state index in [0.29, 0.717) is 32.1 Å². The maximum atomic E-state index is 12.9. The van der Waals surface area contributed by atoms with Crippen molar-refractivity contribution in [1.82, 2.24) is 25.3 Å². The zero-order chi connectivity index (χ0) is 22.8. The van der Waals surface area contributed by atoms with Crippen LogP contribution in [0.4, 0.5) is 0 Å². The third-order valence-electron chi connectivity index (χ3n) is 6.95. The molecule has 3 aliphatic rings. The molecule has 1 aromatic heterocycles. The number of benzene rings is 1. The summed E-state index contributed by atoms with van der Waals surface area (Å²) in [6.07, 6.45) is 8.93. The Labute approximate surface area is 193 Å². The normalized spacial score (nSPS) is 25.7. The number of carbonyl (C=O) groups excluding carboxylic acids is 2. The third-order valence-corrected chi connectivity index (χ3v) is 6.95. The van der Waals surface area contributed by atoms with Crippen LogP contribution in [0.5, 0.6) is 0 Å². The van der Waals surface area contributed by atoms with Crippen molar-refractivity contribution in [2.75, 3.05) is 19.6 Å². The molecule has 5 rings (SSSR count). The lowest BCUT2D eigenvalue weighted by molar-refractivity contribution is -0.140. The molecule has 4 atom stereocenters. The second-order valence-corrected chi connectivity index (χ2v) is 8.92. The van der Waals surface area contributed by atoms with Crippen LogP contribution in [0.3, 0.4) is 0 Å². The molecular weight excluding hydrogens is 416 g/mol. The summed E-state index contributed by atoms with van der Waals surface area (Å²) in [4.78, 5) is 31.9. The fourth-order valence-corrected chi connectivity index (χ4v) is 5.41. The first-order valence-electron chi connectivity index (χ1n) is 11.8. The van der Waals surface area contributed by atoms with E-state index in [4.69, 9.17) is 4.99 Å². The Morgan fingerprint density at radius 1 is 1.06 bits per heavy atom. The van der Waals surface area contributed by atoms with Gasteiger partial charge in [0.15, 0.2) is 5.96 Å². The van der Waals surface area contributed by atoms with E-state index in [0.717, 1.165) is 18.5 Å². The number of likely N-dealkylation sites (tertiary alicyclic amines) is 1.